The van der Waals surface area contributed by atoms with E-state index in [0.29, 0.717) is 37.6 Å². The van der Waals surface area contributed by atoms with Gasteiger partial charge in [-0.2, -0.15) is 0 Å². The largest absolute Gasteiger partial charge is 0.492 e. The van der Waals surface area contributed by atoms with Crippen LogP contribution < -0.4 is 10.1 Å². The van der Waals surface area contributed by atoms with Gasteiger partial charge in [0, 0.05) is 37.5 Å². The zero-order valence-electron chi connectivity index (χ0n) is 20.9. The molecule has 0 atom stereocenters. The van der Waals surface area contributed by atoms with Gasteiger partial charge in [0.05, 0.1) is 11.4 Å². The average molecular weight is 516 g/mol. The first-order valence-electron chi connectivity index (χ1n) is 11.1. The van der Waals surface area contributed by atoms with Gasteiger partial charge in [-0.15, -0.1) is 0 Å². The Bertz CT molecular complexity index is 911. The summed E-state index contributed by atoms with van der Waals surface area (Å²) in [5.41, 5.74) is 0. The van der Waals surface area contributed by atoms with Gasteiger partial charge >= 0.3 is 18.0 Å². The van der Waals surface area contributed by atoms with Crippen molar-refractivity contribution in [2.75, 3.05) is 45.6 Å². The zero-order valence-corrected chi connectivity index (χ0v) is 21.7. The molecule has 0 aromatic heterocycles. The van der Waals surface area contributed by atoms with E-state index in [1.54, 1.807) is 17.0 Å². The molecular formula is C23H37N3O8S. The van der Waals surface area contributed by atoms with Crippen molar-refractivity contribution in [2.45, 2.75) is 38.6 Å². The number of rotatable bonds is 13. The first-order chi connectivity index (χ1) is 16.3. The number of hydrogen-bond acceptors (Lipinski definition) is 7. The van der Waals surface area contributed by atoms with Gasteiger partial charge in [-0.05, 0) is 51.2 Å². The van der Waals surface area contributed by atoms with E-state index in [9.17, 15) is 22.8 Å². The zero-order chi connectivity index (χ0) is 27.0. The molecule has 1 aromatic carbocycles. The number of urea groups is 1. The third kappa shape index (κ3) is 14.7. The van der Waals surface area contributed by atoms with Crippen LogP contribution in [0.15, 0.2) is 41.3 Å². The van der Waals surface area contributed by atoms with Crippen molar-refractivity contribution in [2.24, 2.45) is 0 Å². The molecule has 0 aliphatic rings. The Morgan fingerprint density at radius 1 is 1.00 bits per heavy atom. The molecule has 11 nitrogen and oxygen atoms in total. The molecule has 1 rings (SSSR count). The molecule has 0 aliphatic heterocycles. The van der Waals surface area contributed by atoms with Gasteiger partial charge < -0.3 is 30.1 Å². The lowest BCUT2D eigenvalue weighted by molar-refractivity contribution is -0.134. The summed E-state index contributed by atoms with van der Waals surface area (Å²) in [5.74, 6) is -1.94. The van der Waals surface area contributed by atoms with E-state index in [2.05, 4.69) is 24.1 Å². The maximum absolute atomic E-state index is 12.4. The molecule has 0 saturated carbocycles. The monoisotopic (exact) mass is 515 g/mol. The lowest BCUT2D eigenvalue weighted by Crippen LogP contribution is -2.47. The predicted molar refractivity (Wildman–Crippen MR) is 132 cm³/mol. The summed E-state index contributed by atoms with van der Waals surface area (Å²) >= 11 is 0. The van der Waals surface area contributed by atoms with E-state index in [0.717, 1.165) is 19.6 Å². The van der Waals surface area contributed by atoms with Crippen LogP contribution in [0.2, 0.25) is 0 Å². The maximum Gasteiger partial charge on any atom is 0.328 e. The summed E-state index contributed by atoms with van der Waals surface area (Å²) in [6.45, 7) is 12.3. The van der Waals surface area contributed by atoms with Crippen LogP contribution in [0.4, 0.5) is 4.79 Å². The number of carbonyl (C=O) groups is 3. The van der Waals surface area contributed by atoms with Gasteiger partial charge in [0.2, 0.25) is 0 Å². The van der Waals surface area contributed by atoms with E-state index in [-0.39, 0.29) is 17.0 Å². The lowest BCUT2D eigenvalue weighted by atomic mass is 10.3. The first-order valence-corrected chi connectivity index (χ1v) is 13.0. The second-order valence-corrected chi connectivity index (χ2v) is 9.66. The van der Waals surface area contributed by atoms with Crippen LogP contribution in [0.5, 0.6) is 5.75 Å². The second-order valence-electron chi connectivity index (χ2n) is 7.65. The highest BCUT2D eigenvalue weighted by Gasteiger charge is 2.16. The number of hydrogen-bond donors (Lipinski definition) is 3. The number of carbonyl (C=O) groups excluding carboxylic acids is 1. The summed E-state index contributed by atoms with van der Waals surface area (Å²) in [4.78, 5) is 35.8. The number of benzene rings is 1. The number of amides is 2. The summed E-state index contributed by atoms with van der Waals surface area (Å²) in [7, 11) is -3.22. The van der Waals surface area contributed by atoms with Gasteiger partial charge in [-0.25, -0.2) is 22.8 Å². The number of carboxylic acids is 2. The fourth-order valence-electron chi connectivity index (χ4n) is 2.74. The molecule has 0 spiro atoms. The standard InChI is InChI=1S/C19H33N3O4S.C4H4O4/c1-6-21(7-2)13-12-20-19(23)22(16(3)4)14-15-26-17-8-10-18(11-9-17)27(5,24)25;5-3(6)1-2-4(7)8/h8-11,16H,6-7,12-15H2,1-5H3,(H,20,23);1-2H,(H,5,6)(H,7,8). The fraction of sp³-hybridized carbons (Fsp3) is 0.522. The van der Waals surface area contributed by atoms with Crippen molar-refractivity contribution in [3.8, 4) is 5.75 Å². The number of sulfone groups is 1. The molecule has 2 amide bonds. The Morgan fingerprint density at radius 2 is 1.51 bits per heavy atom. The van der Waals surface area contributed by atoms with Crippen LogP contribution in [0.3, 0.4) is 0 Å². The highest BCUT2D eigenvalue weighted by molar-refractivity contribution is 7.90. The number of likely N-dealkylation sites (N-methyl/N-ethyl adjacent to an activating group) is 1. The van der Waals surface area contributed by atoms with Gasteiger partial charge in [-0.1, -0.05) is 13.8 Å². The minimum atomic E-state index is -3.22. The van der Waals surface area contributed by atoms with Crippen molar-refractivity contribution >= 4 is 27.8 Å². The number of aliphatic carboxylic acids is 2. The molecule has 0 radical (unpaired) electrons. The Morgan fingerprint density at radius 3 is 1.91 bits per heavy atom. The molecule has 1 aromatic rings. The second kappa shape index (κ2) is 16.5. The van der Waals surface area contributed by atoms with Crippen LogP contribution in [-0.2, 0) is 19.4 Å². The van der Waals surface area contributed by atoms with Crippen LogP contribution >= 0.6 is 0 Å². The number of nitrogens with one attached hydrogen (secondary N) is 1. The van der Waals surface area contributed by atoms with Crippen molar-refractivity contribution in [1.29, 1.82) is 0 Å². The molecular weight excluding hydrogens is 478 g/mol. The molecule has 35 heavy (non-hydrogen) atoms. The summed E-state index contributed by atoms with van der Waals surface area (Å²) in [6.07, 6.45) is 2.28. The van der Waals surface area contributed by atoms with Crippen LogP contribution in [0, 0.1) is 0 Å². The molecule has 198 valence electrons. The van der Waals surface area contributed by atoms with Gasteiger partial charge in [0.25, 0.3) is 0 Å². The number of ether oxygens (including phenoxy) is 1. The summed E-state index contributed by atoms with van der Waals surface area (Å²) in [6, 6.07) is 6.23. The van der Waals surface area contributed by atoms with E-state index < -0.39 is 21.8 Å². The van der Waals surface area contributed by atoms with Crippen LogP contribution in [0.25, 0.3) is 0 Å². The van der Waals surface area contributed by atoms with Crippen molar-refractivity contribution < 1.29 is 37.8 Å². The number of carboxylic acid groups (broad SMARTS) is 2. The molecule has 0 aliphatic carbocycles. The topological polar surface area (TPSA) is 154 Å². The quantitative estimate of drug-likeness (QED) is 0.334. The van der Waals surface area contributed by atoms with Gasteiger partial charge in [0.15, 0.2) is 9.84 Å². The third-order valence-corrected chi connectivity index (χ3v) is 5.83. The van der Waals surface area contributed by atoms with E-state index >= 15 is 0 Å². The van der Waals surface area contributed by atoms with Gasteiger partial charge in [0.1, 0.15) is 12.4 Å². The smallest absolute Gasteiger partial charge is 0.328 e. The average Bonchev–Trinajstić information content (AvgIpc) is 2.78. The first kappa shape index (κ1) is 31.9. The van der Waals surface area contributed by atoms with Gasteiger partial charge in [-0.3, -0.25) is 0 Å². The normalized spacial score (nSPS) is 11.2. The lowest BCUT2D eigenvalue weighted by Gasteiger charge is -2.27. The van der Waals surface area contributed by atoms with Crippen molar-refractivity contribution in [1.82, 2.24) is 15.1 Å². The highest BCUT2D eigenvalue weighted by Crippen LogP contribution is 2.15. The molecule has 12 heteroatoms. The molecule has 3 N–H and O–H groups in total. The van der Waals surface area contributed by atoms with Crippen LogP contribution in [0.1, 0.15) is 27.7 Å². The van der Waals surface area contributed by atoms with E-state index in [1.165, 1.54) is 18.4 Å². The molecule has 0 bridgehead atoms. The molecule has 0 fully saturated rings. The van der Waals surface area contributed by atoms with E-state index in [1.807, 2.05) is 13.8 Å². The minimum Gasteiger partial charge on any atom is -0.492 e. The Balaban J connectivity index is 0.00000124. The summed E-state index contributed by atoms with van der Waals surface area (Å²) < 4.78 is 28.6. The SMILES string of the molecule is CCN(CC)CCNC(=O)N(CCOc1ccc(S(C)(=O)=O)cc1)C(C)C.O=C(O)C=CC(=O)O. The molecule has 0 saturated heterocycles. The van der Waals surface area contributed by atoms with E-state index in [4.69, 9.17) is 14.9 Å². The van der Waals surface area contributed by atoms with Crippen molar-refractivity contribution in [3.63, 3.8) is 0 Å². The highest BCUT2D eigenvalue weighted by atomic mass is 32.2. The minimum absolute atomic E-state index is 0.0506. The molecule has 0 heterocycles. The Kier molecular flexibility index (Phi) is 15.0. The Labute approximate surface area is 207 Å². The number of nitrogens with zero attached hydrogens (tertiary/aromatic N) is 2. The predicted octanol–water partition coefficient (Wildman–Crippen LogP) is 1.94. The maximum atomic E-state index is 12.4. The third-order valence-electron chi connectivity index (χ3n) is 4.70. The molecule has 0 unspecified atom stereocenters. The fourth-order valence-corrected chi connectivity index (χ4v) is 3.37. The summed E-state index contributed by atoms with van der Waals surface area (Å²) in [5, 5.41) is 18.6. The Hall–Kier alpha value is -3.12. The van der Waals surface area contributed by atoms with Crippen LogP contribution in [-0.4, -0.2) is 98.0 Å². The van der Waals surface area contributed by atoms with Crippen molar-refractivity contribution in [3.05, 3.63) is 36.4 Å².